The Labute approximate surface area is 204 Å². The summed E-state index contributed by atoms with van der Waals surface area (Å²) in [6.45, 7) is 3.44. The van der Waals surface area contributed by atoms with Crippen LogP contribution in [0, 0.1) is 0 Å². The van der Waals surface area contributed by atoms with Gasteiger partial charge in [-0.15, -0.1) is 0 Å². The van der Waals surface area contributed by atoms with E-state index in [0.717, 1.165) is 73.9 Å². The van der Waals surface area contributed by atoms with Crippen molar-refractivity contribution in [2.75, 3.05) is 73.6 Å². The Bertz CT molecular complexity index is 977. The third kappa shape index (κ3) is 6.35. The molecule has 0 aliphatic carbocycles. The van der Waals surface area contributed by atoms with Gasteiger partial charge in [0.25, 0.3) is 0 Å². The number of carbonyl (C=O) groups excluding carboxylic acids is 1. The number of nitrogens with zero attached hydrogens (tertiary/aromatic N) is 3. The molecule has 34 heavy (non-hydrogen) atoms. The molecule has 1 aliphatic rings. The molecule has 1 heterocycles. The molecule has 0 fully saturated rings. The molecule has 0 spiro atoms. The van der Waals surface area contributed by atoms with Crippen LogP contribution >= 0.6 is 0 Å². The van der Waals surface area contributed by atoms with Gasteiger partial charge in [0.1, 0.15) is 5.75 Å². The predicted molar refractivity (Wildman–Crippen MR) is 137 cm³/mol. The number of methoxy groups -OCH3 is 3. The van der Waals surface area contributed by atoms with Crippen LogP contribution in [0.5, 0.6) is 17.2 Å². The van der Waals surface area contributed by atoms with Crippen molar-refractivity contribution in [3.8, 4) is 17.2 Å². The van der Waals surface area contributed by atoms with E-state index in [9.17, 15) is 4.79 Å². The molecule has 1 aliphatic heterocycles. The second-order valence-corrected chi connectivity index (χ2v) is 9.09. The standard InChI is InChI=1S/C27H39N3O4/c1-28(2)23-17-21-11-15-30(27(31)19-22(21)18-25(23)33-5)13-7-12-29(3)14-10-20-8-9-24(32-4)26(16-20)34-6/h8-9,16-18H,7,10-15,19H2,1-6H3. The van der Waals surface area contributed by atoms with Crippen LogP contribution in [-0.2, 0) is 24.1 Å². The van der Waals surface area contributed by atoms with Gasteiger partial charge < -0.3 is 28.9 Å². The summed E-state index contributed by atoms with van der Waals surface area (Å²) in [5.74, 6) is 2.53. The summed E-state index contributed by atoms with van der Waals surface area (Å²) in [7, 11) is 11.2. The summed E-state index contributed by atoms with van der Waals surface area (Å²) >= 11 is 0. The fourth-order valence-corrected chi connectivity index (χ4v) is 4.45. The van der Waals surface area contributed by atoms with Gasteiger partial charge in [0.2, 0.25) is 5.91 Å². The second-order valence-electron chi connectivity index (χ2n) is 9.09. The van der Waals surface area contributed by atoms with Gasteiger partial charge in [0, 0.05) is 33.7 Å². The van der Waals surface area contributed by atoms with E-state index < -0.39 is 0 Å². The number of ether oxygens (including phenoxy) is 3. The Kier molecular flexibility index (Phi) is 9.05. The molecule has 1 amide bonds. The molecular formula is C27H39N3O4. The molecule has 0 saturated heterocycles. The highest BCUT2D eigenvalue weighted by atomic mass is 16.5. The van der Waals surface area contributed by atoms with E-state index in [1.165, 1.54) is 11.1 Å². The number of fused-ring (bicyclic) bond motifs is 1. The molecule has 0 aromatic heterocycles. The van der Waals surface area contributed by atoms with E-state index in [2.05, 4.69) is 29.0 Å². The molecule has 2 aromatic carbocycles. The minimum absolute atomic E-state index is 0.200. The molecule has 0 unspecified atom stereocenters. The Balaban J connectivity index is 1.49. The van der Waals surface area contributed by atoms with Gasteiger partial charge in [-0.2, -0.15) is 0 Å². The van der Waals surface area contributed by atoms with Crippen molar-refractivity contribution in [2.45, 2.75) is 25.7 Å². The van der Waals surface area contributed by atoms with Gasteiger partial charge in [0.05, 0.1) is 33.4 Å². The van der Waals surface area contributed by atoms with Gasteiger partial charge in [0.15, 0.2) is 11.5 Å². The van der Waals surface area contributed by atoms with Gasteiger partial charge in [-0.25, -0.2) is 0 Å². The Hall–Kier alpha value is -2.93. The smallest absolute Gasteiger partial charge is 0.227 e. The highest BCUT2D eigenvalue weighted by Crippen LogP contribution is 2.32. The van der Waals surface area contributed by atoms with Crippen LogP contribution in [-0.4, -0.2) is 84.4 Å². The zero-order valence-corrected chi connectivity index (χ0v) is 21.5. The average molecular weight is 470 g/mol. The monoisotopic (exact) mass is 469 g/mol. The van der Waals surface area contributed by atoms with Crippen molar-refractivity contribution in [2.24, 2.45) is 0 Å². The minimum Gasteiger partial charge on any atom is -0.495 e. The highest BCUT2D eigenvalue weighted by molar-refractivity contribution is 5.80. The third-order valence-electron chi connectivity index (χ3n) is 6.53. The first-order chi connectivity index (χ1) is 16.4. The first kappa shape index (κ1) is 25.7. The molecule has 186 valence electrons. The van der Waals surface area contributed by atoms with Crippen molar-refractivity contribution < 1.29 is 19.0 Å². The maximum atomic E-state index is 12.9. The van der Waals surface area contributed by atoms with E-state index >= 15 is 0 Å². The Morgan fingerprint density at radius 1 is 0.882 bits per heavy atom. The summed E-state index contributed by atoms with van der Waals surface area (Å²) in [5, 5.41) is 0. The van der Waals surface area contributed by atoms with Crippen LogP contribution in [0.4, 0.5) is 5.69 Å². The number of likely N-dealkylation sites (N-methyl/N-ethyl adjacent to an activating group) is 1. The van der Waals surface area contributed by atoms with E-state index in [-0.39, 0.29) is 5.91 Å². The number of carbonyl (C=O) groups is 1. The second kappa shape index (κ2) is 12.0. The van der Waals surface area contributed by atoms with Crippen molar-refractivity contribution in [3.05, 3.63) is 47.0 Å². The molecule has 0 bridgehead atoms. The van der Waals surface area contributed by atoms with Gasteiger partial charge >= 0.3 is 0 Å². The summed E-state index contributed by atoms with van der Waals surface area (Å²) in [6.07, 6.45) is 3.21. The number of rotatable bonds is 11. The van der Waals surface area contributed by atoms with E-state index in [0.29, 0.717) is 6.42 Å². The SMILES string of the molecule is COc1ccc(CCN(C)CCCN2CCc3cc(N(C)C)c(OC)cc3CC2=O)cc1OC. The predicted octanol–water partition coefficient (Wildman–Crippen LogP) is 3.27. The summed E-state index contributed by atoms with van der Waals surface area (Å²) in [4.78, 5) is 19.3. The number of benzene rings is 2. The molecular weight excluding hydrogens is 430 g/mol. The summed E-state index contributed by atoms with van der Waals surface area (Å²) < 4.78 is 16.3. The van der Waals surface area contributed by atoms with Crippen LogP contribution in [0.15, 0.2) is 30.3 Å². The molecule has 7 nitrogen and oxygen atoms in total. The minimum atomic E-state index is 0.200. The van der Waals surface area contributed by atoms with Gasteiger partial charge in [-0.3, -0.25) is 4.79 Å². The lowest BCUT2D eigenvalue weighted by Gasteiger charge is -2.23. The Morgan fingerprint density at radius 3 is 2.29 bits per heavy atom. The van der Waals surface area contributed by atoms with Crippen molar-refractivity contribution in [1.82, 2.24) is 9.80 Å². The molecule has 0 saturated carbocycles. The van der Waals surface area contributed by atoms with Crippen LogP contribution < -0.4 is 19.1 Å². The zero-order valence-electron chi connectivity index (χ0n) is 21.5. The average Bonchev–Trinajstić information content (AvgIpc) is 2.99. The topological polar surface area (TPSA) is 54.5 Å². The maximum absolute atomic E-state index is 12.9. The zero-order chi connectivity index (χ0) is 24.7. The maximum Gasteiger partial charge on any atom is 0.227 e. The third-order valence-corrected chi connectivity index (χ3v) is 6.53. The van der Waals surface area contributed by atoms with E-state index in [1.807, 2.05) is 37.2 Å². The molecule has 7 heteroatoms. The summed E-state index contributed by atoms with van der Waals surface area (Å²) in [6, 6.07) is 10.3. The lowest BCUT2D eigenvalue weighted by molar-refractivity contribution is -0.130. The van der Waals surface area contributed by atoms with Crippen LogP contribution in [0.1, 0.15) is 23.1 Å². The van der Waals surface area contributed by atoms with Crippen LogP contribution in [0.2, 0.25) is 0 Å². The quantitative estimate of drug-likeness (QED) is 0.504. The molecule has 0 atom stereocenters. The molecule has 2 aromatic rings. The molecule has 0 radical (unpaired) electrons. The van der Waals surface area contributed by atoms with Crippen LogP contribution in [0.3, 0.4) is 0 Å². The first-order valence-electron chi connectivity index (χ1n) is 11.9. The molecule has 0 N–H and O–H groups in total. The molecule has 3 rings (SSSR count). The lowest BCUT2D eigenvalue weighted by Crippen LogP contribution is -2.35. The Morgan fingerprint density at radius 2 is 1.62 bits per heavy atom. The van der Waals surface area contributed by atoms with E-state index in [1.54, 1.807) is 21.3 Å². The number of amides is 1. The van der Waals surface area contributed by atoms with Gasteiger partial charge in [-0.05, 0) is 73.8 Å². The van der Waals surface area contributed by atoms with Crippen molar-refractivity contribution in [1.29, 1.82) is 0 Å². The number of hydrogen-bond donors (Lipinski definition) is 0. The lowest BCUT2D eigenvalue weighted by atomic mass is 10.0. The highest BCUT2D eigenvalue weighted by Gasteiger charge is 2.22. The number of hydrogen-bond acceptors (Lipinski definition) is 6. The normalized spacial score (nSPS) is 13.5. The number of anilines is 1. The van der Waals surface area contributed by atoms with Crippen LogP contribution in [0.25, 0.3) is 0 Å². The van der Waals surface area contributed by atoms with Crippen molar-refractivity contribution in [3.63, 3.8) is 0 Å². The first-order valence-corrected chi connectivity index (χ1v) is 11.9. The fraction of sp³-hybridized carbons (Fsp3) is 0.519. The van der Waals surface area contributed by atoms with E-state index in [4.69, 9.17) is 14.2 Å². The fourth-order valence-electron chi connectivity index (χ4n) is 4.45. The summed E-state index contributed by atoms with van der Waals surface area (Å²) in [5.41, 5.74) is 4.60. The largest absolute Gasteiger partial charge is 0.495 e. The van der Waals surface area contributed by atoms with Crippen molar-refractivity contribution >= 4 is 11.6 Å². The van der Waals surface area contributed by atoms with Gasteiger partial charge in [-0.1, -0.05) is 6.07 Å².